The molecule has 0 heterocycles. The van der Waals surface area contributed by atoms with Gasteiger partial charge in [0.15, 0.2) is 0 Å². The van der Waals surface area contributed by atoms with Gasteiger partial charge in [-0.25, -0.2) is 0 Å². The van der Waals surface area contributed by atoms with Crippen molar-refractivity contribution in [3.63, 3.8) is 0 Å². The highest BCUT2D eigenvalue weighted by molar-refractivity contribution is 5.85. The molecule has 2 N–H and O–H groups in total. The van der Waals surface area contributed by atoms with Crippen molar-refractivity contribution in [1.29, 1.82) is 0 Å². The molecular weight excluding hydrogens is 255 g/mol. The van der Waals surface area contributed by atoms with Gasteiger partial charge in [-0.05, 0) is 24.1 Å². The van der Waals surface area contributed by atoms with Crippen LogP contribution in [0.4, 0.5) is 13.2 Å². The number of ether oxygens (including phenoxy) is 1. The normalized spacial score (nSPS) is 12.8. The molecule has 17 heavy (non-hydrogen) atoms. The van der Waals surface area contributed by atoms with Crippen molar-refractivity contribution in [2.45, 2.75) is 25.6 Å². The Bertz CT molecular complexity index is 368. The Morgan fingerprint density at radius 3 is 2.35 bits per heavy atom. The Kier molecular flexibility index (Phi) is 5.78. The number of hydrogen-bond donors (Lipinski definition) is 1. The second-order valence-electron chi connectivity index (χ2n) is 3.47. The van der Waals surface area contributed by atoms with E-state index in [4.69, 9.17) is 10.5 Å². The van der Waals surface area contributed by atoms with Crippen LogP contribution in [0.1, 0.15) is 30.5 Å². The summed E-state index contributed by atoms with van der Waals surface area (Å²) in [4.78, 5) is 0. The quantitative estimate of drug-likeness (QED) is 0.911. The summed E-state index contributed by atoms with van der Waals surface area (Å²) in [5.41, 5.74) is 5.03. The molecule has 0 radical (unpaired) electrons. The number of halogens is 4. The van der Waals surface area contributed by atoms with Crippen molar-refractivity contribution < 1.29 is 17.9 Å². The van der Waals surface area contributed by atoms with E-state index >= 15 is 0 Å². The maximum absolute atomic E-state index is 12.8. The molecule has 0 amide bonds. The highest BCUT2D eigenvalue weighted by Crippen LogP contribution is 2.36. The summed E-state index contributed by atoms with van der Waals surface area (Å²) in [6.07, 6.45) is -3.95. The molecule has 1 aromatic rings. The topological polar surface area (TPSA) is 35.2 Å². The van der Waals surface area contributed by atoms with Crippen molar-refractivity contribution in [3.05, 3.63) is 29.3 Å². The van der Waals surface area contributed by atoms with Gasteiger partial charge in [0.2, 0.25) is 0 Å². The van der Waals surface area contributed by atoms with Crippen LogP contribution < -0.4 is 10.5 Å². The van der Waals surface area contributed by atoms with Gasteiger partial charge < -0.3 is 10.5 Å². The van der Waals surface area contributed by atoms with Crippen molar-refractivity contribution >= 4 is 12.4 Å². The minimum absolute atomic E-state index is 0. The first-order chi connectivity index (χ1) is 7.40. The van der Waals surface area contributed by atoms with Crippen LogP contribution in [0, 0.1) is 0 Å². The SMILES string of the molecule is CC[C@H](N)c1ccc(OC)cc1C(F)(F)F.Cl. The number of alkyl halides is 3. The van der Waals surface area contributed by atoms with E-state index in [1.54, 1.807) is 6.92 Å². The average Bonchev–Trinajstić information content (AvgIpc) is 2.26. The van der Waals surface area contributed by atoms with E-state index in [1.807, 2.05) is 0 Å². The first-order valence-corrected chi connectivity index (χ1v) is 4.90. The molecule has 0 bridgehead atoms. The molecule has 98 valence electrons. The predicted octanol–water partition coefficient (Wildman–Crippen LogP) is 3.55. The van der Waals surface area contributed by atoms with Gasteiger partial charge >= 0.3 is 6.18 Å². The number of hydrogen-bond acceptors (Lipinski definition) is 2. The molecule has 0 aliphatic heterocycles. The zero-order valence-corrected chi connectivity index (χ0v) is 10.4. The molecule has 0 saturated carbocycles. The molecule has 0 spiro atoms. The van der Waals surface area contributed by atoms with Gasteiger partial charge in [0.05, 0.1) is 12.7 Å². The van der Waals surface area contributed by atoms with E-state index in [1.165, 1.54) is 19.2 Å². The number of methoxy groups -OCH3 is 1. The van der Waals surface area contributed by atoms with Crippen molar-refractivity contribution in [3.8, 4) is 5.75 Å². The molecule has 0 saturated heterocycles. The molecule has 0 aliphatic carbocycles. The van der Waals surface area contributed by atoms with Crippen LogP contribution in [-0.4, -0.2) is 7.11 Å². The minimum atomic E-state index is -4.41. The van der Waals surface area contributed by atoms with Crippen LogP contribution in [-0.2, 0) is 6.18 Å². The second-order valence-corrected chi connectivity index (χ2v) is 3.47. The lowest BCUT2D eigenvalue weighted by Crippen LogP contribution is -2.17. The smallest absolute Gasteiger partial charge is 0.416 e. The fraction of sp³-hybridized carbons (Fsp3) is 0.455. The lowest BCUT2D eigenvalue weighted by Gasteiger charge is -2.18. The number of benzene rings is 1. The molecular formula is C11H15ClF3NO. The van der Waals surface area contributed by atoms with Gasteiger partial charge in [0.1, 0.15) is 5.75 Å². The summed E-state index contributed by atoms with van der Waals surface area (Å²) < 4.78 is 43.0. The molecule has 1 aromatic carbocycles. The summed E-state index contributed by atoms with van der Waals surface area (Å²) in [6, 6.07) is 3.23. The summed E-state index contributed by atoms with van der Waals surface area (Å²) in [7, 11) is 1.33. The molecule has 0 fully saturated rings. The monoisotopic (exact) mass is 269 g/mol. The standard InChI is InChI=1S/C11H14F3NO.ClH/c1-3-10(15)8-5-4-7(16-2)6-9(8)11(12,13)14;/h4-6,10H,3,15H2,1-2H3;1H/t10-;/m0./s1. The molecule has 0 aromatic heterocycles. The van der Waals surface area contributed by atoms with Crippen molar-refractivity contribution in [1.82, 2.24) is 0 Å². The lowest BCUT2D eigenvalue weighted by atomic mass is 9.98. The second kappa shape index (κ2) is 6.12. The zero-order valence-electron chi connectivity index (χ0n) is 9.54. The van der Waals surface area contributed by atoms with Crippen LogP contribution in [0.25, 0.3) is 0 Å². The largest absolute Gasteiger partial charge is 0.497 e. The average molecular weight is 270 g/mol. The van der Waals surface area contributed by atoms with Crippen LogP contribution in [0.5, 0.6) is 5.75 Å². The Morgan fingerprint density at radius 1 is 1.35 bits per heavy atom. The lowest BCUT2D eigenvalue weighted by molar-refractivity contribution is -0.138. The van der Waals surface area contributed by atoms with Gasteiger partial charge in [-0.3, -0.25) is 0 Å². The van der Waals surface area contributed by atoms with Crippen LogP contribution >= 0.6 is 12.4 Å². The van der Waals surface area contributed by atoms with Gasteiger partial charge in [-0.2, -0.15) is 13.2 Å². The summed E-state index contributed by atoms with van der Waals surface area (Å²) in [5.74, 6) is 0.180. The van der Waals surface area contributed by atoms with Crippen LogP contribution in [0.3, 0.4) is 0 Å². The molecule has 1 atom stereocenters. The van der Waals surface area contributed by atoms with E-state index in [2.05, 4.69) is 0 Å². The Balaban J connectivity index is 0.00000256. The Morgan fingerprint density at radius 2 is 1.94 bits per heavy atom. The van der Waals surface area contributed by atoms with Gasteiger partial charge in [-0.1, -0.05) is 13.0 Å². The van der Waals surface area contributed by atoms with Crippen molar-refractivity contribution in [2.75, 3.05) is 7.11 Å². The predicted molar refractivity (Wildman–Crippen MR) is 62.5 cm³/mol. The fourth-order valence-electron chi connectivity index (χ4n) is 1.45. The van der Waals surface area contributed by atoms with E-state index in [9.17, 15) is 13.2 Å². The van der Waals surface area contributed by atoms with Gasteiger partial charge in [0.25, 0.3) is 0 Å². The third-order valence-electron chi connectivity index (χ3n) is 2.41. The minimum Gasteiger partial charge on any atom is -0.497 e. The van der Waals surface area contributed by atoms with E-state index in [-0.39, 0.29) is 23.7 Å². The highest BCUT2D eigenvalue weighted by atomic mass is 35.5. The van der Waals surface area contributed by atoms with Crippen molar-refractivity contribution in [2.24, 2.45) is 5.73 Å². The third-order valence-corrected chi connectivity index (χ3v) is 2.41. The van der Waals surface area contributed by atoms with E-state index in [0.717, 1.165) is 6.07 Å². The van der Waals surface area contributed by atoms with E-state index in [0.29, 0.717) is 6.42 Å². The molecule has 2 nitrogen and oxygen atoms in total. The highest BCUT2D eigenvalue weighted by Gasteiger charge is 2.34. The van der Waals surface area contributed by atoms with Gasteiger partial charge in [0, 0.05) is 6.04 Å². The number of nitrogens with two attached hydrogens (primary N) is 1. The summed E-state index contributed by atoms with van der Waals surface area (Å²) in [5, 5.41) is 0. The van der Waals surface area contributed by atoms with Crippen LogP contribution in [0.2, 0.25) is 0 Å². The third kappa shape index (κ3) is 3.78. The molecule has 0 aliphatic rings. The zero-order chi connectivity index (χ0) is 12.3. The Hall–Kier alpha value is -0.940. The Labute approximate surface area is 104 Å². The maximum atomic E-state index is 12.8. The first kappa shape index (κ1) is 16.1. The number of rotatable bonds is 3. The summed E-state index contributed by atoms with van der Waals surface area (Å²) in [6.45, 7) is 1.75. The fourth-order valence-corrected chi connectivity index (χ4v) is 1.45. The van der Waals surface area contributed by atoms with Gasteiger partial charge in [-0.15, -0.1) is 12.4 Å². The molecule has 0 unspecified atom stereocenters. The first-order valence-electron chi connectivity index (χ1n) is 4.90. The van der Waals surface area contributed by atoms with E-state index < -0.39 is 17.8 Å². The summed E-state index contributed by atoms with van der Waals surface area (Å²) >= 11 is 0. The molecule has 1 rings (SSSR count). The molecule has 6 heteroatoms. The maximum Gasteiger partial charge on any atom is 0.416 e. The van der Waals surface area contributed by atoms with Crippen LogP contribution in [0.15, 0.2) is 18.2 Å².